The number of halogens is 1. The fourth-order valence-electron chi connectivity index (χ4n) is 1.19. The number of carbonyl (C=O) groups is 1. The van der Waals surface area contributed by atoms with E-state index < -0.39 is 5.82 Å². The fraction of sp³-hybridized carbons (Fsp3) is 0.182. The molecule has 5 heteroatoms. The molecule has 0 spiro atoms. The van der Waals surface area contributed by atoms with Crippen molar-refractivity contribution in [1.82, 2.24) is 0 Å². The second-order valence-corrected chi connectivity index (χ2v) is 3.04. The number of carbonyl (C=O) groups excluding carboxylic acids is 1. The van der Waals surface area contributed by atoms with E-state index in [9.17, 15) is 9.18 Å². The molecular weight excluding hydrogens is 209 g/mol. The van der Waals surface area contributed by atoms with Crippen LogP contribution >= 0.6 is 0 Å². The zero-order valence-electron chi connectivity index (χ0n) is 8.51. The molecule has 0 atom stereocenters. The van der Waals surface area contributed by atoms with Gasteiger partial charge in [-0.1, -0.05) is 23.3 Å². The van der Waals surface area contributed by atoms with Crippen LogP contribution in [-0.2, 0) is 0 Å². The first-order valence-corrected chi connectivity index (χ1v) is 4.70. The number of hydrogen-bond donors (Lipinski definition) is 0. The lowest BCUT2D eigenvalue weighted by Crippen LogP contribution is -1.87. The van der Waals surface area contributed by atoms with Gasteiger partial charge in [-0.25, -0.2) is 4.39 Å². The van der Waals surface area contributed by atoms with Crippen LogP contribution in [0, 0.1) is 5.82 Å². The number of azide groups is 1. The number of aldehydes is 1. The van der Waals surface area contributed by atoms with Crippen molar-refractivity contribution in [3.05, 3.63) is 51.7 Å². The van der Waals surface area contributed by atoms with Crippen LogP contribution in [-0.4, -0.2) is 12.8 Å². The molecule has 0 fully saturated rings. The number of hydrogen-bond acceptors (Lipinski definition) is 2. The highest BCUT2D eigenvalue weighted by Crippen LogP contribution is 2.11. The summed E-state index contributed by atoms with van der Waals surface area (Å²) in [6.45, 7) is 0.366. The monoisotopic (exact) mass is 219 g/mol. The van der Waals surface area contributed by atoms with Crippen LogP contribution in [0.5, 0.6) is 0 Å². The molecule has 0 aromatic heterocycles. The highest BCUT2D eigenvalue weighted by molar-refractivity contribution is 5.81. The molecular formula is C11H10FN3O. The highest BCUT2D eigenvalue weighted by Gasteiger charge is 1.99. The summed E-state index contributed by atoms with van der Waals surface area (Å²) >= 11 is 0. The van der Waals surface area contributed by atoms with E-state index in [-0.39, 0.29) is 0 Å². The van der Waals surface area contributed by atoms with Gasteiger partial charge in [-0.15, -0.1) is 0 Å². The maximum atomic E-state index is 12.8. The fourth-order valence-corrected chi connectivity index (χ4v) is 1.19. The second kappa shape index (κ2) is 6.37. The summed E-state index contributed by atoms with van der Waals surface area (Å²) in [5.41, 5.74) is 9.00. The minimum Gasteiger partial charge on any atom is -0.298 e. The Bertz CT molecular complexity index is 451. The third-order valence-electron chi connectivity index (χ3n) is 1.93. The Morgan fingerprint density at radius 1 is 1.44 bits per heavy atom. The SMILES string of the molecule is [N-]=[N+]=NCCC=Cc1ccc(F)cc1C=O. The van der Waals surface area contributed by atoms with E-state index in [0.717, 1.165) is 0 Å². The van der Waals surface area contributed by atoms with Gasteiger partial charge in [0, 0.05) is 17.0 Å². The summed E-state index contributed by atoms with van der Waals surface area (Å²) in [6.07, 6.45) is 4.67. The molecule has 0 bridgehead atoms. The predicted octanol–water partition coefficient (Wildman–Crippen LogP) is 3.35. The van der Waals surface area contributed by atoms with Crippen molar-refractivity contribution in [2.24, 2.45) is 5.11 Å². The number of benzene rings is 1. The number of rotatable bonds is 5. The van der Waals surface area contributed by atoms with Crippen LogP contribution in [0.3, 0.4) is 0 Å². The Morgan fingerprint density at radius 3 is 2.94 bits per heavy atom. The van der Waals surface area contributed by atoms with E-state index >= 15 is 0 Å². The molecule has 0 unspecified atom stereocenters. The molecule has 1 aromatic carbocycles. The van der Waals surface area contributed by atoms with Crippen molar-refractivity contribution in [3.63, 3.8) is 0 Å². The quantitative estimate of drug-likeness (QED) is 0.246. The van der Waals surface area contributed by atoms with Gasteiger partial charge in [-0.2, -0.15) is 0 Å². The first kappa shape index (κ1) is 11.9. The number of nitrogens with zero attached hydrogens (tertiary/aromatic N) is 3. The van der Waals surface area contributed by atoms with Gasteiger partial charge in [0.1, 0.15) is 5.82 Å². The van der Waals surface area contributed by atoms with E-state index in [4.69, 9.17) is 5.53 Å². The van der Waals surface area contributed by atoms with Gasteiger partial charge in [-0.05, 0) is 29.6 Å². The highest BCUT2D eigenvalue weighted by atomic mass is 19.1. The summed E-state index contributed by atoms with van der Waals surface area (Å²) in [4.78, 5) is 13.3. The molecule has 4 nitrogen and oxygen atoms in total. The van der Waals surface area contributed by atoms with Crippen molar-refractivity contribution in [1.29, 1.82) is 0 Å². The van der Waals surface area contributed by atoms with Gasteiger partial charge >= 0.3 is 0 Å². The maximum Gasteiger partial charge on any atom is 0.150 e. The van der Waals surface area contributed by atoms with Crippen LogP contribution < -0.4 is 0 Å². The van der Waals surface area contributed by atoms with Gasteiger partial charge < -0.3 is 0 Å². The van der Waals surface area contributed by atoms with Gasteiger partial charge in [0.25, 0.3) is 0 Å². The Hall–Kier alpha value is -2.13. The average Bonchev–Trinajstić information content (AvgIpc) is 2.30. The molecule has 0 saturated carbocycles. The lowest BCUT2D eigenvalue weighted by molar-refractivity contribution is 0.112. The van der Waals surface area contributed by atoms with Crippen molar-refractivity contribution in [3.8, 4) is 0 Å². The summed E-state index contributed by atoms with van der Waals surface area (Å²) in [6, 6.07) is 4.00. The third kappa shape index (κ3) is 3.55. The van der Waals surface area contributed by atoms with E-state index in [0.29, 0.717) is 30.4 Å². The van der Waals surface area contributed by atoms with Gasteiger partial charge in [0.05, 0.1) is 0 Å². The van der Waals surface area contributed by atoms with E-state index in [1.54, 1.807) is 12.2 Å². The van der Waals surface area contributed by atoms with Gasteiger partial charge in [0.15, 0.2) is 6.29 Å². The predicted molar refractivity (Wildman–Crippen MR) is 59.5 cm³/mol. The molecule has 1 rings (SSSR count). The van der Waals surface area contributed by atoms with Crippen LogP contribution in [0.2, 0.25) is 0 Å². The molecule has 0 amide bonds. The van der Waals surface area contributed by atoms with E-state index in [1.807, 2.05) is 0 Å². The maximum absolute atomic E-state index is 12.8. The van der Waals surface area contributed by atoms with E-state index in [2.05, 4.69) is 10.0 Å². The summed E-state index contributed by atoms with van der Waals surface area (Å²) in [5, 5.41) is 3.36. The first-order valence-electron chi connectivity index (χ1n) is 4.70. The molecule has 0 N–H and O–H groups in total. The Balaban J connectivity index is 2.72. The summed E-state index contributed by atoms with van der Waals surface area (Å²) in [5.74, 6) is -0.437. The molecule has 16 heavy (non-hydrogen) atoms. The Morgan fingerprint density at radius 2 is 2.25 bits per heavy atom. The van der Waals surface area contributed by atoms with Crippen LogP contribution in [0.4, 0.5) is 4.39 Å². The molecule has 0 saturated heterocycles. The topological polar surface area (TPSA) is 65.8 Å². The Labute approximate surface area is 92.0 Å². The second-order valence-electron chi connectivity index (χ2n) is 3.04. The first-order chi connectivity index (χ1) is 7.77. The molecule has 0 radical (unpaired) electrons. The minimum atomic E-state index is -0.437. The standard InChI is InChI=1S/C11H10FN3O/c12-11-5-4-9(10(7-11)8-16)3-1-2-6-14-15-13/h1,3-5,7-8H,2,6H2. The molecule has 0 heterocycles. The zero-order chi connectivity index (χ0) is 11.8. The zero-order valence-corrected chi connectivity index (χ0v) is 8.51. The smallest absolute Gasteiger partial charge is 0.150 e. The third-order valence-corrected chi connectivity index (χ3v) is 1.93. The van der Waals surface area contributed by atoms with Crippen molar-refractivity contribution >= 4 is 12.4 Å². The van der Waals surface area contributed by atoms with Crippen molar-refractivity contribution < 1.29 is 9.18 Å². The minimum absolute atomic E-state index is 0.306. The Kier molecular flexibility index (Phi) is 4.76. The van der Waals surface area contributed by atoms with Crippen molar-refractivity contribution in [2.75, 3.05) is 6.54 Å². The van der Waals surface area contributed by atoms with Crippen LogP contribution in [0.15, 0.2) is 29.4 Å². The van der Waals surface area contributed by atoms with Crippen LogP contribution in [0.25, 0.3) is 16.5 Å². The molecule has 0 aliphatic rings. The lowest BCUT2D eigenvalue weighted by Gasteiger charge is -1.98. The van der Waals surface area contributed by atoms with Gasteiger partial charge in [-0.3, -0.25) is 4.79 Å². The largest absolute Gasteiger partial charge is 0.298 e. The van der Waals surface area contributed by atoms with Crippen LogP contribution in [0.1, 0.15) is 22.3 Å². The lowest BCUT2D eigenvalue weighted by atomic mass is 10.1. The summed E-state index contributed by atoms with van der Waals surface area (Å²) < 4.78 is 12.8. The van der Waals surface area contributed by atoms with Gasteiger partial charge in [0.2, 0.25) is 0 Å². The summed E-state index contributed by atoms with van der Waals surface area (Å²) in [7, 11) is 0. The molecule has 0 aliphatic heterocycles. The van der Waals surface area contributed by atoms with Crippen molar-refractivity contribution in [2.45, 2.75) is 6.42 Å². The molecule has 82 valence electrons. The molecule has 0 aliphatic carbocycles. The van der Waals surface area contributed by atoms with E-state index in [1.165, 1.54) is 18.2 Å². The normalized spacial score (nSPS) is 10.1. The average molecular weight is 219 g/mol. The molecule has 1 aromatic rings.